The lowest BCUT2D eigenvalue weighted by atomic mass is 9.91. The summed E-state index contributed by atoms with van der Waals surface area (Å²) in [5.74, 6) is 1.13. The predicted molar refractivity (Wildman–Crippen MR) is 167 cm³/mol. The molecule has 1 aliphatic heterocycles. The largest absolute Gasteiger partial charge is 0.457 e. The second-order valence-electron chi connectivity index (χ2n) is 11.7. The van der Waals surface area contributed by atoms with E-state index < -0.39 is 11.7 Å². The smallest absolute Gasteiger partial charge is 0.407 e. The summed E-state index contributed by atoms with van der Waals surface area (Å²) in [6, 6.07) is 18.1. The van der Waals surface area contributed by atoms with Gasteiger partial charge in [-0.1, -0.05) is 18.2 Å². The van der Waals surface area contributed by atoms with Gasteiger partial charge in [0.25, 0.3) is 5.91 Å². The summed E-state index contributed by atoms with van der Waals surface area (Å²) in [5, 5.41) is 9.73. The second kappa shape index (κ2) is 11.6. The second-order valence-corrected chi connectivity index (χ2v) is 12.7. The highest BCUT2D eigenvalue weighted by Gasteiger charge is 2.34. The molecule has 0 unspecified atom stereocenters. The Morgan fingerprint density at radius 2 is 1.58 bits per heavy atom. The minimum absolute atomic E-state index is 0.00415. The molecule has 2 aromatic heterocycles. The SMILES string of the molecule is CC(C)(C)OC(=O)N[C@H]1CC[C@H](NC(=O)c2sc3nccc4c3c2NC(=O)N4c2ccc(Oc3ccccc3)cc2)CC1. The van der Waals surface area contributed by atoms with Gasteiger partial charge in [0.2, 0.25) is 0 Å². The highest BCUT2D eigenvalue weighted by molar-refractivity contribution is 7.21. The number of hydrogen-bond donors (Lipinski definition) is 3. The van der Waals surface area contributed by atoms with E-state index in [0.717, 1.165) is 36.8 Å². The van der Waals surface area contributed by atoms with Crippen LogP contribution in [0, 0.1) is 0 Å². The van der Waals surface area contributed by atoms with Gasteiger partial charge in [0.15, 0.2) is 0 Å². The number of para-hydroxylation sites is 1. The number of nitrogens with one attached hydrogen (secondary N) is 3. The van der Waals surface area contributed by atoms with Crippen LogP contribution in [0.1, 0.15) is 56.1 Å². The summed E-state index contributed by atoms with van der Waals surface area (Å²) in [6.45, 7) is 5.50. The van der Waals surface area contributed by atoms with Crippen molar-refractivity contribution < 1.29 is 23.9 Å². The van der Waals surface area contributed by atoms with Gasteiger partial charge >= 0.3 is 12.1 Å². The highest BCUT2D eigenvalue weighted by Crippen LogP contribution is 2.46. The quantitative estimate of drug-likeness (QED) is 0.213. The fourth-order valence-corrected chi connectivity index (χ4v) is 6.42. The van der Waals surface area contributed by atoms with E-state index >= 15 is 0 Å². The fraction of sp³-hybridized carbons (Fsp3) is 0.312. The molecule has 6 rings (SSSR count). The number of carbonyl (C=O) groups is 3. The third-order valence-electron chi connectivity index (χ3n) is 7.31. The van der Waals surface area contributed by atoms with Crippen LogP contribution >= 0.6 is 11.3 Å². The minimum Gasteiger partial charge on any atom is -0.457 e. The lowest BCUT2D eigenvalue weighted by molar-refractivity contribution is 0.0488. The van der Waals surface area contributed by atoms with Gasteiger partial charge < -0.3 is 25.4 Å². The van der Waals surface area contributed by atoms with E-state index in [-0.39, 0.29) is 24.0 Å². The van der Waals surface area contributed by atoms with E-state index in [0.29, 0.717) is 32.5 Å². The van der Waals surface area contributed by atoms with E-state index in [4.69, 9.17) is 9.47 Å². The maximum Gasteiger partial charge on any atom is 0.407 e. The molecule has 43 heavy (non-hydrogen) atoms. The number of ether oxygens (including phenoxy) is 2. The van der Waals surface area contributed by atoms with Crippen LogP contribution in [0.15, 0.2) is 66.9 Å². The van der Waals surface area contributed by atoms with Crippen molar-refractivity contribution in [1.82, 2.24) is 15.6 Å². The average Bonchev–Trinajstić information content (AvgIpc) is 3.34. The molecule has 2 aliphatic rings. The molecule has 0 atom stereocenters. The first-order valence-corrected chi connectivity index (χ1v) is 15.1. The number of rotatable bonds is 6. The van der Waals surface area contributed by atoms with Crippen LogP contribution in [0.25, 0.3) is 10.2 Å². The summed E-state index contributed by atoms with van der Waals surface area (Å²) in [7, 11) is 0. The number of amides is 4. The summed E-state index contributed by atoms with van der Waals surface area (Å²) >= 11 is 1.26. The Hall–Kier alpha value is -4.64. The standard InChI is InChI=1S/C32H33N5O5S/c1-32(2,3)42-31(40)35-20-11-9-19(10-12-20)34-28(38)27-26-25-24(17-18-33-29(25)43-27)37(30(39)36-26)21-13-15-23(16-14-21)41-22-7-5-4-6-8-22/h4-8,13-20H,9-12H2,1-3H3,(H,34,38)(H,35,40)(H,36,39)/t19-,20-. The number of alkyl carbamates (subject to hydrolysis) is 1. The van der Waals surface area contributed by atoms with Crippen molar-refractivity contribution in [3.63, 3.8) is 0 Å². The van der Waals surface area contributed by atoms with Gasteiger partial charge in [-0.25, -0.2) is 14.6 Å². The number of anilines is 3. The zero-order chi connectivity index (χ0) is 30.1. The first-order chi connectivity index (χ1) is 20.6. The number of pyridine rings is 1. The van der Waals surface area contributed by atoms with Crippen molar-refractivity contribution >= 4 is 56.6 Å². The molecular weight excluding hydrogens is 566 g/mol. The molecule has 4 aromatic rings. The van der Waals surface area contributed by atoms with Gasteiger partial charge in [0, 0.05) is 18.3 Å². The maximum atomic E-state index is 13.5. The molecule has 3 heterocycles. The summed E-state index contributed by atoms with van der Waals surface area (Å²) in [5.41, 5.74) is 1.24. The minimum atomic E-state index is -0.553. The topological polar surface area (TPSA) is 122 Å². The fourth-order valence-electron chi connectivity index (χ4n) is 5.40. The van der Waals surface area contributed by atoms with Gasteiger partial charge in [-0.3, -0.25) is 9.69 Å². The lowest BCUT2D eigenvalue weighted by Gasteiger charge is -2.31. The van der Waals surface area contributed by atoms with Crippen molar-refractivity contribution in [2.24, 2.45) is 0 Å². The first kappa shape index (κ1) is 28.5. The van der Waals surface area contributed by atoms with E-state index in [9.17, 15) is 14.4 Å². The van der Waals surface area contributed by atoms with Gasteiger partial charge in [-0.05, 0) is 88.9 Å². The Bertz CT molecular complexity index is 1660. The molecule has 11 heteroatoms. The van der Waals surface area contributed by atoms with Gasteiger partial charge in [0.05, 0.1) is 22.4 Å². The molecule has 222 valence electrons. The predicted octanol–water partition coefficient (Wildman–Crippen LogP) is 7.34. The zero-order valence-corrected chi connectivity index (χ0v) is 25.0. The molecule has 1 saturated carbocycles. The van der Waals surface area contributed by atoms with Crippen molar-refractivity contribution in [2.45, 2.75) is 64.1 Å². The van der Waals surface area contributed by atoms with Crippen molar-refractivity contribution in [2.75, 3.05) is 10.2 Å². The number of aromatic nitrogens is 1. The van der Waals surface area contributed by atoms with Crippen LogP contribution < -0.4 is 25.6 Å². The van der Waals surface area contributed by atoms with Gasteiger partial charge in [0.1, 0.15) is 26.8 Å². The van der Waals surface area contributed by atoms with Gasteiger partial charge in [-0.15, -0.1) is 11.3 Å². The molecule has 4 amide bonds. The summed E-state index contributed by atoms with van der Waals surface area (Å²) in [6.07, 6.45) is 4.14. The Kier molecular flexibility index (Phi) is 7.66. The Morgan fingerprint density at radius 3 is 2.26 bits per heavy atom. The van der Waals surface area contributed by atoms with Crippen LogP contribution in [0.3, 0.4) is 0 Å². The maximum absolute atomic E-state index is 13.5. The third-order valence-corrected chi connectivity index (χ3v) is 8.41. The number of urea groups is 1. The Balaban J connectivity index is 1.15. The highest BCUT2D eigenvalue weighted by atomic mass is 32.1. The molecule has 0 bridgehead atoms. The molecule has 1 fully saturated rings. The molecule has 3 N–H and O–H groups in total. The Labute approximate surface area is 253 Å². The number of nitrogens with zero attached hydrogens (tertiary/aromatic N) is 2. The van der Waals surface area contributed by atoms with E-state index in [2.05, 4.69) is 20.9 Å². The van der Waals surface area contributed by atoms with Crippen LogP contribution in [0.2, 0.25) is 0 Å². The lowest BCUT2D eigenvalue weighted by Crippen LogP contribution is -2.45. The van der Waals surface area contributed by atoms with Crippen LogP contribution in [0.5, 0.6) is 11.5 Å². The average molecular weight is 600 g/mol. The van der Waals surface area contributed by atoms with Crippen LogP contribution in [-0.4, -0.2) is 40.7 Å². The van der Waals surface area contributed by atoms with Crippen LogP contribution in [0.4, 0.5) is 26.7 Å². The molecule has 1 aliphatic carbocycles. The first-order valence-electron chi connectivity index (χ1n) is 14.3. The van der Waals surface area contributed by atoms with Crippen molar-refractivity contribution in [1.29, 1.82) is 0 Å². The number of thiophene rings is 1. The monoisotopic (exact) mass is 599 g/mol. The normalized spacial score (nSPS) is 18.1. The van der Waals surface area contributed by atoms with Crippen molar-refractivity contribution in [3.8, 4) is 11.5 Å². The molecule has 0 saturated heterocycles. The summed E-state index contributed by atoms with van der Waals surface area (Å²) < 4.78 is 11.3. The number of hydrogen-bond acceptors (Lipinski definition) is 7. The van der Waals surface area contributed by atoms with Crippen molar-refractivity contribution in [3.05, 3.63) is 71.7 Å². The summed E-state index contributed by atoms with van der Waals surface area (Å²) in [4.78, 5) is 46.2. The molecule has 0 radical (unpaired) electrons. The third kappa shape index (κ3) is 6.26. The van der Waals surface area contributed by atoms with Gasteiger partial charge in [-0.2, -0.15) is 0 Å². The molecule has 0 spiro atoms. The van der Waals surface area contributed by atoms with Crippen LogP contribution in [-0.2, 0) is 4.74 Å². The molecule has 2 aromatic carbocycles. The Morgan fingerprint density at radius 1 is 0.930 bits per heavy atom. The number of carbonyl (C=O) groups excluding carboxylic acids is 3. The molecular formula is C32H33N5O5S. The van der Waals surface area contributed by atoms with E-state index in [1.54, 1.807) is 17.2 Å². The molecule has 10 nitrogen and oxygen atoms in total. The number of benzene rings is 2. The van der Waals surface area contributed by atoms with E-state index in [1.807, 2.05) is 75.4 Å². The zero-order valence-electron chi connectivity index (χ0n) is 24.2. The van der Waals surface area contributed by atoms with E-state index in [1.165, 1.54) is 11.3 Å².